The molecule has 3 N–H and O–H groups in total. The average molecular weight is 329 g/mol. The van der Waals surface area contributed by atoms with Crippen LogP contribution in [0.4, 0.5) is 5.69 Å². The van der Waals surface area contributed by atoms with E-state index in [9.17, 15) is 8.42 Å². The number of benzene rings is 2. The third-order valence-electron chi connectivity index (χ3n) is 2.62. The topological polar surface area (TPSA) is 72.2 Å². The highest BCUT2D eigenvalue weighted by Gasteiger charge is 2.14. The zero-order valence-electron chi connectivity index (χ0n) is 10.6. The van der Waals surface area contributed by atoms with Gasteiger partial charge in [-0.1, -0.05) is 35.5 Å². The fraction of sp³-hybridized carbons (Fsp3) is 0.0769. The standard InChI is InChI=1S/C13H13ClN2O2S2/c1-16-20(17,18)9-6-7-11(15)13(8-9)19-12-5-3-2-4-10(12)14/h2-8,16H,15H2,1H3. The summed E-state index contributed by atoms with van der Waals surface area (Å²) in [6.45, 7) is 0. The summed E-state index contributed by atoms with van der Waals surface area (Å²) in [5.41, 5.74) is 6.40. The number of halogens is 1. The summed E-state index contributed by atoms with van der Waals surface area (Å²) < 4.78 is 25.9. The first kappa shape index (κ1) is 15.2. The normalized spacial score (nSPS) is 11.5. The zero-order chi connectivity index (χ0) is 14.8. The van der Waals surface area contributed by atoms with Crippen molar-refractivity contribution in [2.75, 3.05) is 12.8 Å². The van der Waals surface area contributed by atoms with Gasteiger partial charge in [-0.15, -0.1) is 0 Å². The molecule has 0 aliphatic rings. The van der Waals surface area contributed by atoms with Crippen LogP contribution in [0.15, 0.2) is 57.2 Å². The number of nitrogens with one attached hydrogen (secondary N) is 1. The van der Waals surface area contributed by atoms with Crippen molar-refractivity contribution in [3.8, 4) is 0 Å². The first-order valence-corrected chi connectivity index (χ1v) is 8.37. The number of nitrogen functional groups attached to an aromatic ring is 1. The van der Waals surface area contributed by atoms with E-state index in [2.05, 4.69) is 4.72 Å². The molecule has 0 aromatic heterocycles. The Morgan fingerprint density at radius 3 is 2.50 bits per heavy atom. The summed E-state index contributed by atoms with van der Waals surface area (Å²) in [4.78, 5) is 1.64. The lowest BCUT2D eigenvalue weighted by molar-refractivity contribution is 0.588. The lowest BCUT2D eigenvalue weighted by Gasteiger charge is -2.09. The number of hydrogen-bond donors (Lipinski definition) is 2. The number of sulfonamides is 1. The number of rotatable bonds is 4. The second-order valence-electron chi connectivity index (χ2n) is 3.94. The van der Waals surface area contributed by atoms with Crippen LogP contribution in [0, 0.1) is 0 Å². The Morgan fingerprint density at radius 1 is 1.15 bits per heavy atom. The monoisotopic (exact) mass is 328 g/mol. The van der Waals surface area contributed by atoms with E-state index in [4.69, 9.17) is 17.3 Å². The molecule has 0 amide bonds. The molecule has 4 nitrogen and oxygen atoms in total. The largest absolute Gasteiger partial charge is 0.398 e. The Morgan fingerprint density at radius 2 is 1.85 bits per heavy atom. The number of hydrogen-bond acceptors (Lipinski definition) is 4. The van der Waals surface area contributed by atoms with Crippen LogP contribution < -0.4 is 10.5 Å². The maximum atomic E-state index is 11.8. The fourth-order valence-corrected chi connectivity index (χ4v) is 3.54. The minimum absolute atomic E-state index is 0.170. The quantitative estimate of drug-likeness (QED) is 0.846. The van der Waals surface area contributed by atoms with E-state index in [1.807, 2.05) is 18.2 Å². The van der Waals surface area contributed by atoms with Crippen LogP contribution >= 0.6 is 23.4 Å². The molecular weight excluding hydrogens is 316 g/mol. The Labute approximate surface area is 127 Å². The van der Waals surface area contributed by atoms with Crippen molar-refractivity contribution < 1.29 is 8.42 Å². The van der Waals surface area contributed by atoms with E-state index < -0.39 is 10.0 Å². The smallest absolute Gasteiger partial charge is 0.240 e. The van der Waals surface area contributed by atoms with Gasteiger partial charge >= 0.3 is 0 Å². The summed E-state index contributed by atoms with van der Waals surface area (Å²) in [6.07, 6.45) is 0. The highest BCUT2D eigenvalue weighted by atomic mass is 35.5. The predicted molar refractivity (Wildman–Crippen MR) is 82.7 cm³/mol. The van der Waals surface area contributed by atoms with Gasteiger partial charge in [-0.05, 0) is 37.4 Å². The van der Waals surface area contributed by atoms with Crippen LogP contribution in [0.25, 0.3) is 0 Å². The lowest BCUT2D eigenvalue weighted by Crippen LogP contribution is -2.18. The second-order valence-corrected chi connectivity index (χ2v) is 7.32. The van der Waals surface area contributed by atoms with E-state index in [1.54, 1.807) is 12.1 Å². The summed E-state index contributed by atoms with van der Waals surface area (Å²) in [7, 11) is -2.12. The summed E-state index contributed by atoms with van der Waals surface area (Å²) in [5.74, 6) is 0. The lowest BCUT2D eigenvalue weighted by atomic mass is 10.3. The molecule has 0 atom stereocenters. The summed E-state index contributed by atoms with van der Waals surface area (Å²) in [6, 6.07) is 11.9. The molecule has 0 bridgehead atoms. The van der Waals surface area contributed by atoms with Gasteiger partial charge in [0.15, 0.2) is 0 Å². The van der Waals surface area contributed by atoms with E-state index >= 15 is 0 Å². The molecule has 0 saturated heterocycles. The Kier molecular flexibility index (Phi) is 4.59. The van der Waals surface area contributed by atoms with Gasteiger partial charge in [0, 0.05) is 15.5 Å². The molecule has 0 heterocycles. The van der Waals surface area contributed by atoms with Gasteiger partial charge in [0.2, 0.25) is 10.0 Å². The minimum atomic E-state index is -3.49. The van der Waals surface area contributed by atoms with Crippen molar-refractivity contribution in [2.24, 2.45) is 0 Å². The number of anilines is 1. The third-order valence-corrected chi connectivity index (χ3v) is 5.62. The molecule has 0 aliphatic heterocycles. The Bertz CT molecular complexity index is 733. The Hall–Kier alpha value is -1.21. The van der Waals surface area contributed by atoms with Crippen molar-refractivity contribution in [3.05, 3.63) is 47.5 Å². The highest BCUT2D eigenvalue weighted by Crippen LogP contribution is 2.37. The maximum absolute atomic E-state index is 11.8. The molecular formula is C13H13ClN2O2S2. The zero-order valence-corrected chi connectivity index (χ0v) is 13.0. The first-order valence-electron chi connectivity index (χ1n) is 5.69. The molecule has 0 spiro atoms. The molecule has 106 valence electrons. The van der Waals surface area contributed by atoms with E-state index in [-0.39, 0.29) is 4.90 Å². The summed E-state index contributed by atoms with van der Waals surface area (Å²) in [5, 5.41) is 0.596. The van der Waals surface area contributed by atoms with Crippen LogP contribution in [0.5, 0.6) is 0 Å². The van der Waals surface area contributed by atoms with Gasteiger partial charge in [0.05, 0.1) is 9.92 Å². The predicted octanol–water partition coefficient (Wildman–Crippen LogP) is 2.98. The molecule has 2 aromatic rings. The molecule has 2 rings (SSSR count). The molecule has 20 heavy (non-hydrogen) atoms. The van der Waals surface area contributed by atoms with Crippen LogP contribution in [0.1, 0.15) is 0 Å². The number of nitrogens with two attached hydrogens (primary N) is 1. The first-order chi connectivity index (χ1) is 9.44. The SMILES string of the molecule is CNS(=O)(=O)c1ccc(N)c(Sc2ccccc2Cl)c1. The second kappa shape index (κ2) is 6.05. The fourth-order valence-electron chi connectivity index (χ4n) is 1.53. The highest BCUT2D eigenvalue weighted by molar-refractivity contribution is 7.99. The van der Waals surface area contributed by atoms with Gasteiger partial charge in [-0.25, -0.2) is 13.1 Å². The Balaban J connectivity index is 2.42. The van der Waals surface area contributed by atoms with Crippen molar-refractivity contribution >= 4 is 39.1 Å². The molecule has 7 heteroatoms. The van der Waals surface area contributed by atoms with E-state index in [0.29, 0.717) is 15.6 Å². The van der Waals surface area contributed by atoms with Crippen LogP contribution in [0.3, 0.4) is 0 Å². The van der Waals surface area contributed by atoms with Gasteiger partial charge in [-0.2, -0.15) is 0 Å². The van der Waals surface area contributed by atoms with Gasteiger partial charge < -0.3 is 5.73 Å². The van der Waals surface area contributed by atoms with Crippen molar-refractivity contribution in [2.45, 2.75) is 14.7 Å². The molecule has 0 fully saturated rings. The van der Waals surface area contributed by atoms with Crippen LogP contribution in [-0.4, -0.2) is 15.5 Å². The van der Waals surface area contributed by atoms with Crippen molar-refractivity contribution in [3.63, 3.8) is 0 Å². The minimum Gasteiger partial charge on any atom is -0.398 e. The summed E-state index contributed by atoms with van der Waals surface area (Å²) >= 11 is 7.42. The molecule has 0 radical (unpaired) electrons. The molecule has 2 aromatic carbocycles. The van der Waals surface area contributed by atoms with Crippen molar-refractivity contribution in [1.29, 1.82) is 0 Å². The van der Waals surface area contributed by atoms with Crippen molar-refractivity contribution in [1.82, 2.24) is 4.72 Å². The average Bonchev–Trinajstić information content (AvgIpc) is 2.43. The third kappa shape index (κ3) is 3.27. The molecule has 0 aliphatic carbocycles. The van der Waals surface area contributed by atoms with Crippen LogP contribution in [-0.2, 0) is 10.0 Å². The van der Waals surface area contributed by atoms with Gasteiger partial charge in [0.25, 0.3) is 0 Å². The van der Waals surface area contributed by atoms with Crippen LogP contribution in [0.2, 0.25) is 5.02 Å². The van der Waals surface area contributed by atoms with E-state index in [0.717, 1.165) is 4.90 Å². The van der Waals surface area contributed by atoms with Gasteiger partial charge in [-0.3, -0.25) is 0 Å². The van der Waals surface area contributed by atoms with Gasteiger partial charge in [0.1, 0.15) is 0 Å². The molecule has 0 unspecified atom stereocenters. The van der Waals surface area contributed by atoms with E-state index in [1.165, 1.54) is 30.9 Å². The maximum Gasteiger partial charge on any atom is 0.240 e. The molecule has 0 saturated carbocycles.